The van der Waals surface area contributed by atoms with E-state index in [9.17, 15) is 13.2 Å². The van der Waals surface area contributed by atoms with E-state index in [-0.39, 0.29) is 10.8 Å². The van der Waals surface area contributed by atoms with E-state index in [2.05, 4.69) is 10.0 Å². The quantitative estimate of drug-likeness (QED) is 0.811. The molecule has 26 heavy (non-hydrogen) atoms. The van der Waals surface area contributed by atoms with Crippen molar-refractivity contribution in [1.82, 2.24) is 0 Å². The van der Waals surface area contributed by atoms with Crippen LogP contribution in [0, 0.1) is 6.92 Å². The number of amides is 1. The van der Waals surface area contributed by atoms with E-state index >= 15 is 0 Å². The number of sulfonamides is 1. The number of ether oxygens (including phenoxy) is 1. The second-order valence-corrected chi connectivity index (χ2v) is 8.09. The fourth-order valence-corrected chi connectivity index (χ4v) is 4.28. The molecule has 1 unspecified atom stereocenters. The molecule has 1 saturated heterocycles. The summed E-state index contributed by atoms with van der Waals surface area (Å²) in [4.78, 5) is 12.1. The molecule has 1 atom stereocenters. The Morgan fingerprint density at radius 1 is 1.15 bits per heavy atom. The Labute approximate surface area is 157 Å². The van der Waals surface area contributed by atoms with Crippen LogP contribution < -0.4 is 10.0 Å². The van der Waals surface area contributed by atoms with Crippen molar-refractivity contribution in [1.29, 1.82) is 0 Å². The lowest BCUT2D eigenvalue weighted by molar-refractivity contribution is -0.124. The monoisotopic (exact) mass is 394 g/mol. The Bertz CT molecular complexity index is 907. The summed E-state index contributed by atoms with van der Waals surface area (Å²) >= 11 is 6.00. The third kappa shape index (κ3) is 4.17. The van der Waals surface area contributed by atoms with E-state index in [4.69, 9.17) is 16.3 Å². The maximum absolute atomic E-state index is 12.6. The van der Waals surface area contributed by atoms with Gasteiger partial charge < -0.3 is 10.1 Å². The summed E-state index contributed by atoms with van der Waals surface area (Å²) in [7, 11) is -3.76. The van der Waals surface area contributed by atoms with Crippen LogP contribution in [0.2, 0.25) is 5.02 Å². The van der Waals surface area contributed by atoms with Crippen molar-refractivity contribution in [3.8, 4) is 0 Å². The minimum Gasteiger partial charge on any atom is -0.368 e. The van der Waals surface area contributed by atoms with Crippen LogP contribution in [-0.2, 0) is 19.6 Å². The number of hydrogen-bond acceptors (Lipinski definition) is 4. The summed E-state index contributed by atoms with van der Waals surface area (Å²) in [5.74, 6) is -0.189. The van der Waals surface area contributed by atoms with Crippen molar-refractivity contribution >= 4 is 38.9 Å². The number of halogens is 1. The van der Waals surface area contributed by atoms with Gasteiger partial charge in [-0.15, -0.1) is 0 Å². The Morgan fingerprint density at radius 3 is 2.50 bits per heavy atom. The van der Waals surface area contributed by atoms with Crippen molar-refractivity contribution in [2.24, 2.45) is 0 Å². The van der Waals surface area contributed by atoms with Gasteiger partial charge in [-0.25, -0.2) is 8.42 Å². The van der Waals surface area contributed by atoms with Crippen molar-refractivity contribution in [2.45, 2.75) is 30.8 Å². The van der Waals surface area contributed by atoms with Crippen LogP contribution in [0.4, 0.5) is 11.4 Å². The van der Waals surface area contributed by atoms with Crippen molar-refractivity contribution in [2.75, 3.05) is 16.6 Å². The van der Waals surface area contributed by atoms with Gasteiger partial charge in [0.15, 0.2) is 0 Å². The average molecular weight is 395 g/mol. The molecule has 0 radical (unpaired) electrons. The van der Waals surface area contributed by atoms with Gasteiger partial charge in [-0.05, 0) is 61.7 Å². The molecular formula is C18H19ClN2O4S. The lowest BCUT2D eigenvalue weighted by Crippen LogP contribution is -2.26. The highest BCUT2D eigenvalue weighted by Gasteiger charge is 2.23. The van der Waals surface area contributed by atoms with Gasteiger partial charge in [-0.1, -0.05) is 17.7 Å². The molecule has 1 aliphatic heterocycles. The number of benzene rings is 2. The predicted octanol–water partition coefficient (Wildman–Crippen LogP) is 3.57. The topological polar surface area (TPSA) is 84.5 Å². The van der Waals surface area contributed by atoms with E-state index in [1.807, 2.05) is 0 Å². The third-order valence-electron chi connectivity index (χ3n) is 4.13. The number of rotatable bonds is 5. The van der Waals surface area contributed by atoms with Crippen LogP contribution in [0.3, 0.4) is 0 Å². The smallest absolute Gasteiger partial charge is 0.262 e. The predicted molar refractivity (Wildman–Crippen MR) is 101 cm³/mol. The van der Waals surface area contributed by atoms with Gasteiger partial charge in [0.2, 0.25) is 0 Å². The molecule has 0 aromatic heterocycles. The molecule has 6 nitrogen and oxygen atoms in total. The zero-order valence-corrected chi connectivity index (χ0v) is 15.7. The lowest BCUT2D eigenvalue weighted by atomic mass is 10.2. The third-order valence-corrected chi connectivity index (χ3v) is 6.07. The molecule has 138 valence electrons. The molecule has 1 amide bonds. The second kappa shape index (κ2) is 7.65. The number of carbonyl (C=O) groups is 1. The highest BCUT2D eigenvalue weighted by Crippen LogP contribution is 2.25. The van der Waals surface area contributed by atoms with Gasteiger partial charge in [0, 0.05) is 23.0 Å². The zero-order chi connectivity index (χ0) is 18.7. The molecule has 0 spiro atoms. The highest BCUT2D eigenvalue weighted by atomic mass is 35.5. The molecule has 1 heterocycles. The standard InChI is InChI=1S/C18H19ClN2O4S/c1-12-15(19)4-2-6-17(12)26(23,24)21-14-9-7-13(8-10-14)20-18(22)16-5-3-11-25-16/h2,4,6-10,16,21H,3,5,11H2,1H3,(H,20,22). The SMILES string of the molecule is Cc1c(Cl)cccc1S(=O)(=O)Nc1ccc(NC(=O)C2CCCO2)cc1. The van der Waals surface area contributed by atoms with E-state index in [0.29, 0.717) is 35.0 Å². The van der Waals surface area contributed by atoms with Gasteiger partial charge >= 0.3 is 0 Å². The van der Waals surface area contributed by atoms with E-state index in [0.717, 1.165) is 6.42 Å². The normalized spacial score (nSPS) is 17.1. The van der Waals surface area contributed by atoms with Crippen LogP contribution in [0.1, 0.15) is 18.4 Å². The van der Waals surface area contributed by atoms with Gasteiger partial charge in [-0.2, -0.15) is 0 Å². The van der Waals surface area contributed by atoms with Crippen molar-refractivity contribution in [3.63, 3.8) is 0 Å². The number of carbonyl (C=O) groups excluding carboxylic acids is 1. The summed E-state index contributed by atoms with van der Waals surface area (Å²) in [5, 5.41) is 3.15. The summed E-state index contributed by atoms with van der Waals surface area (Å²) in [6.45, 7) is 2.25. The number of anilines is 2. The fraction of sp³-hybridized carbons (Fsp3) is 0.278. The highest BCUT2D eigenvalue weighted by molar-refractivity contribution is 7.92. The van der Waals surface area contributed by atoms with Crippen LogP contribution in [0.5, 0.6) is 0 Å². The van der Waals surface area contributed by atoms with Gasteiger partial charge in [-0.3, -0.25) is 9.52 Å². The van der Waals surface area contributed by atoms with E-state index in [1.165, 1.54) is 6.07 Å². The first kappa shape index (κ1) is 18.7. The van der Waals surface area contributed by atoms with Gasteiger partial charge in [0.05, 0.1) is 4.90 Å². The Morgan fingerprint density at radius 2 is 1.85 bits per heavy atom. The molecule has 2 N–H and O–H groups in total. The number of hydrogen-bond donors (Lipinski definition) is 2. The first-order chi connectivity index (χ1) is 12.4. The molecular weight excluding hydrogens is 376 g/mol. The Hall–Kier alpha value is -2.09. The maximum atomic E-state index is 12.6. The average Bonchev–Trinajstić information content (AvgIpc) is 3.13. The van der Waals surface area contributed by atoms with E-state index < -0.39 is 16.1 Å². The van der Waals surface area contributed by atoms with Crippen LogP contribution >= 0.6 is 11.6 Å². The van der Waals surface area contributed by atoms with Crippen LogP contribution in [0.25, 0.3) is 0 Å². The summed E-state index contributed by atoms with van der Waals surface area (Å²) in [6.07, 6.45) is 1.17. The Balaban J connectivity index is 1.70. The minimum atomic E-state index is -3.76. The van der Waals surface area contributed by atoms with Crippen molar-refractivity contribution in [3.05, 3.63) is 53.1 Å². The van der Waals surface area contributed by atoms with Crippen LogP contribution in [-0.4, -0.2) is 27.0 Å². The molecule has 1 fully saturated rings. The van der Waals surface area contributed by atoms with Crippen molar-refractivity contribution < 1.29 is 17.9 Å². The molecule has 1 aliphatic rings. The zero-order valence-electron chi connectivity index (χ0n) is 14.2. The molecule has 0 saturated carbocycles. The molecule has 8 heteroatoms. The summed E-state index contributed by atoms with van der Waals surface area (Å²) in [6, 6.07) is 11.2. The van der Waals surface area contributed by atoms with E-state index in [1.54, 1.807) is 43.3 Å². The summed E-state index contributed by atoms with van der Waals surface area (Å²) in [5.41, 5.74) is 1.45. The first-order valence-electron chi connectivity index (χ1n) is 8.17. The molecule has 3 rings (SSSR count). The second-order valence-electron chi connectivity index (χ2n) is 6.04. The minimum absolute atomic E-state index is 0.126. The molecule has 2 aromatic rings. The molecule has 0 bridgehead atoms. The molecule has 0 aliphatic carbocycles. The van der Waals surface area contributed by atoms with Gasteiger partial charge in [0.25, 0.3) is 15.9 Å². The summed E-state index contributed by atoms with van der Waals surface area (Å²) < 4.78 is 33.0. The maximum Gasteiger partial charge on any atom is 0.262 e. The van der Waals surface area contributed by atoms with Crippen LogP contribution in [0.15, 0.2) is 47.4 Å². The largest absolute Gasteiger partial charge is 0.368 e. The fourth-order valence-electron chi connectivity index (χ4n) is 2.72. The van der Waals surface area contributed by atoms with Gasteiger partial charge in [0.1, 0.15) is 6.10 Å². The first-order valence-corrected chi connectivity index (χ1v) is 10.0. The molecule has 2 aromatic carbocycles. The Kier molecular flexibility index (Phi) is 5.50. The lowest BCUT2D eigenvalue weighted by Gasteiger charge is -2.13. The number of nitrogens with one attached hydrogen (secondary N) is 2.